The molecule has 154 valence electrons. The average molecular weight is 389 g/mol. The lowest BCUT2D eigenvalue weighted by Crippen LogP contribution is -2.59. The minimum absolute atomic E-state index is 0.305. The smallest absolute Gasteiger partial charge is 0.312 e. The molecule has 6 nitrogen and oxygen atoms in total. The Morgan fingerprint density at radius 1 is 1.14 bits per heavy atom. The molecule has 4 bridgehead atoms. The molecule has 5 fully saturated rings. The predicted molar refractivity (Wildman–Crippen MR) is 102 cm³/mol. The van der Waals surface area contributed by atoms with E-state index in [1.165, 1.54) is 4.90 Å². The van der Waals surface area contributed by atoms with Crippen LogP contribution in [0.5, 0.6) is 0 Å². The van der Waals surface area contributed by atoms with Gasteiger partial charge in [-0.15, -0.1) is 0 Å². The van der Waals surface area contributed by atoms with Gasteiger partial charge in [0.2, 0.25) is 0 Å². The van der Waals surface area contributed by atoms with Gasteiger partial charge >= 0.3 is 5.97 Å². The first-order chi connectivity index (χ1) is 13.2. The third kappa shape index (κ3) is 3.12. The van der Waals surface area contributed by atoms with E-state index >= 15 is 0 Å². The Bertz CT molecular complexity index is 692. The molecule has 1 N–H and O–H groups in total. The second-order valence-corrected chi connectivity index (χ2v) is 10.1. The quantitative estimate of drug-likeness (QED) is 0.748. The lowest BCUT2D eigenvalue weighted by Gasteiger charge is -2.58. The molecule has 5 aliphatic carbocycles. The fraction of sp³-hybridized carbons (Fsp3) is 0.864. The first-order valence-electron chi connectivity index (χ1n) is 10.8. The molecule has 0 unspecified atom stereocenters. The van der Waals surface area contributed by atoms with E-state index in [0.717, 1.165) is 51.4 Å². The first kappa shape index (κ1) is 19.7. The Morgan fingerprint density at radius 2 is 1.75 bits per heavy atom. The Labute approximate surface area is 167 Å². The van der Waals surface area contributed by atoms with Crippen LogP contribution >= 0.6 is 0 Å². The molecule has 0 heterocycles. The zero-order valence-corrected chi connectivity index (χ0v) is 17.1. The Morgan fingerprint density at radius 3 is 2.29 bits per heavy atom. The number of likely N-dealkylation sites (N-methyl/N-ethyl adjacent to an activating group) is 1. The summed E-state index contributed by atoms with van der Waals surface area (Å²) in [6.07, 6.45) is 8.07. The lowest BCUT2D eigenvalue weighted by molar-refractivity contribution is -0.201. The van der Waals surface area contributed by atoms with Crippen LogP contribution in [0.1, 0.15) is 77.6 Å². The van der Waals surface area contributed by atoms with Crippen molar-refractivity contribution in [3.8, 4) is 6.07 Å². The van der Waals surface area contributed by atoms with Gasteiger partial charge in [-0.3, -0.25) is 9.59 Å². The number of nitrogens with zero attached hydrogens (tertiary/aromatic N) is 2. The molecule has 1 amide bonds. The van der Waals surface area contributed by atoms with Crippen LogP contribution in [0.2, 0.25) is 0 Å². The van der Waals surface area contributed by atoms with Gasteiger partial charge in [0.1, 0.15) is 5.54 Å². The minimum Gasteiger partial charge on any atom is -0.452 e. The summed E-state index contributed by atoms with van der Waals surface area (Å²) in [5.41, 5.74) is -2.16. The standard InChI is InChI=1S/C22H32N2O4/c1-15(18(25)24(2)21(14-23)6-4-3-5-7-21)28-19(26)20-9-16-8-17(10-20)12-22(27,11-16)13-20/h15-17,27H,3-13H2,1-2H3/t15-,16-,17-,20?,22?/m1/s1. The first-order valence-corrected chi connectivity index (χ1v) is 10.8. The monoisotopic (exact) mass is 388 g/mol. The summed E-state index contributed by atoms with van der Waals surface area (Å²) < 4.78 is 5.69. The van der Waals surface area contributed by atoms with Crippen LogP contribution in [0, 0.1) is 28.6 Å². The molecule has 0 radical (unpaired) electrons. The molecule has 0 aliphatic heterocycles. The normalized spacial score (nSPS) is 39.1. The molecule has 6 heteroatoms. The maximum atomic E-state index is 13.1. The molecule has 3 atom stereocenters. The lowest BCUT2D eigenvalue weighted by atomic mass is 9.48. The van der Waals surface area contributed by atoms with Crippen LogP contribution in [-0.2, 0) is 14.3 Å². The molecule has 0 saturated heterocycles. The Hall–Kier alpha value is -1.61. The summed E-state index contributed by atoms with van der Waals surface area (Å²) in [7, 11) is 1.66. The van der Waals surface area contributed by atoms with Crippen molar-refractivity contribution >= 4 is 11.9 Å². The third-order valence-electron chi connectivity index (χ3n) is 7.96. The maximum Gasteiger partial charge on any atom is 0.312 e. The van der Waals surface area contributed by atoms with Gasteiger partial charge in [0.05, 0.1) is 17.1 Å². The van der Waals surface area contributed by atoms with Gasteiger partial charge in [-0.1, -0.05) is 19.3 Å². The van der Waals surface area contributed by atoms with E-state index in [2.05, 4.69) is 6.07 Å². The summed E-state index contributed by atoms with van der Waals surface area (Å²) in [5, 5.41) is 20.6. The van der Waals surface area contributed by atoms with Crippen LogP contribution in [0.4, 0.5) is 0 Å². The van der Waals surface area contributed by atoms with Crippen molar-refractivity contribution in [2.24, 2.45) is 17.3 Å². The Kier molecular flexibility index (Phi) is 4.73. The highest BCUT2D eigenvalue weighted by Gasteiger charge is 2.61. The number of aliphatic hydroxyl groups is 1. The van der Waals surface area contributed by atoms with Gasteiger partial charge in [-0.2, -0.15) is 5.26 Å². The molecule has 0 spiro atoms. The molecule has 5 rings (SSSR count). The van der Waals surface area contributed by atoms with E-state index in [-0.39, 0.29) is 11.9 Å². The van der Waals surface area contributed by atoms with Crippen LogP contribution in [0.25, 0.3) is 0 Å². The summed E-state index contributed by atoms with van der Waals surface area (Å²) in [4.78, 5) is 27.6. The number of carbonyl (C=O) groups is 2. The van der Waals surface area contributed by atoms with Crippen molar-refractivity contribution in [2.45, 2.75) is 94.8 Å². The average Bonchev–Trinajstić information content (AvgIpc) is 2.65. The highest BCUT2D eigenvalue weighted by atomic mass is 16.5. The molecule has 0 aromatic rings. The molecule has 5 aliphatic rings. The minimum atomic E-state index is -0.910. The fourth-order valence-electron chi connectivity index (χ4n) is 6.93. The van der Waals surface area contributed by atoms with E-state index in [0.29, 0.717) is 31.1 Å². The molecule has 0 aromatic carbocycles. The third-order valence-corrected chi connectivity index (χ3v) is 7.96. The van der Waals surface area contributed by atoms with Gasteiger partial charge in [0.15, 0.2) is 6.10 Å². The summed E-state index contributed by atoms with van der Waals surface area (Å²) >= 11 is 0. The number of ether oxygens (including phenoxy) is 1. The number of esters is 1. The van der Waals surface area contributed by atoms with Crippen LogP contribution < -0.4 is 0 Å². The number of hydrogen-bond acceptors (Lipinski definition) is 5. The summed E-state index contributed by atoms with van der Waals surface area (Å²) in [6, 6.07) is 2.35. The molecular weight excluding hydrogens is 356 g/mol. The van der Waals surface area contributed by atoms with E-state index in [1.54, 1.807) is 14.0 Å². The predicted octanol–water partition coefficient (Wildman–Crippen LogP) is 2.93. The molecular formula is C22H32N2O4. The largest absolute Gasteiger partial charge is 0.452 e. The van der Waals surface area contributed by atoms with Gasteiger partial charge < -0.3 is 14.7 Å². The van der Waals surface area contributed by atoms with Gasteiger partial charge in [0, 0.05) is 7.05 Å². The maximum absolute atomic E-state index is 13.1. The fourth-order valence-corrected chi connectivity index (χ4v) is 6.93. The van der Waals surface area contributed by atoms with E-state index in [4.69, 9.17) is 4.74 Å². The van der Waals surface area contributed by atoms with E-state index in [1.807, 2.05) is 0 Å². The van der Waals surface area contributed by atoms with Gasteiger partial charge in [0.25, 0.3) is 5.91 Å². The number of amides is 1. The van der Waals surface area contributed by atoms with Crippen molar-refractivity contribution in [3.05, 3.63) is 0 Å². The second kappa shape index (κ2) is 6.73. The molecule has 0 aromatic heterocycles. The van der Waals surface area contributed by atoms with Crippen molar-refractivity contribution < 1.29 is 19.4 Å². The highest BCUT2D eigenvalue weighted by Crippen LogP contribution is 2.62. The second-order valence-electron chi connectivity index (χ2n) is 10.1. The van der Waals surface area contributed by atoms with Gasteiger partial charge in [-0.25, -0.2) is 0 Å². The molecule has 28 heavy (non-hydrogen) atoms. The van der Waals surface area contributed by atoms with Crippen molar-refractivity contribution in [1.82, 2.24) is 4.90 Å². The van der Waals surface area contributed by atoms with Crippen molar-refractivity contribution in [1.29, 1.82) is 5.26 Å². The van der Waals surface area contributed by atoms with Crippen LogP contribution in [-0.4, -0.2) is 46.2 Å². The van der Waals surface area contributed by atoms with Crippen LogP contribution in [0.15, 0.2) is 0 Å². The number of carbonyl (C=O) groups excluding carboxylic acids is 2. The topological polar surface area (TPSA) is 90.6 Å². The summed E-state index contributed by atoms with van der Waals surface area (Å²) in [5.74, 6) is 0.136. The zero-order valence-electron chi connectivity index (χ0n) is 17.1. The Balaban J connectivity index is 1.45. The number of nitriles is 1. The zero-order chi connectivity index (χ0) is 20.2. The van der Waals surface area contributed by atoms with E-state index < -0.39 is 22.7 Å². The van der Waals surface area contributed by atoms with Crippen LogP contribution in [0.3, 0.4) is 0 Å². The van der Waals surface area contributed by atoms with Crippen molar-refractivity contribution in [2.75, 3.05) is 7.05 Å². The number of hydrogen-bond donors (Lipinski definition) is 1. The van der Waals surface area contributed by atoms with E-state index in [9.17, 15) is 20.0 Å². The van der Waals surface area contributed by atoms with Crippen molar-refractivity contribution in [3.63, 3.8) is 0 Å². The van der Waals surface area contributed by atoms with Gasteiger partial charge in [-0.05, 0) is 70.1 Å². The summed E-state index contributed by atoms with van der Waals surface area (Å²) in [6.45, 7) is 1.61. The molecule has 5 saturated carbocycles. The SMILES string of the molecule is C[C@@H](OC(=O)C12C[C@H]3C[C@@H](CC(O)(C3)C1)C2)C(=O)N(C)C1(C#N)CCCCC1. The highest BCUT2D eigenvalue weighted by molar-refractivity contribution is 5.86. The number of rotatable bonds is 4.